The fraction of sp³-hybridized carbons (Fsp3) is 0.700. The second-order valence-electron chi connectivity index (χ2n) is 6.73. The van der Waals surface area contributed by atoms with Gasteiger partial charge in [0.25, 0.3) is 0 Å². The van der Waals surface area contributed by atoms with Crippen molar-refractivity contribution in [3.63, 3.8) is 0 Å². The van der Waals surface area contributed by atoms with Gasteiger partial charge in [0.05, 0.1) is 36.2 Å². The zero-order valence-electron chi connectivity index (χ0n) is 17.3. The Morgan fingerprint density at radius 2 is 1.30 bits per heavy atom. The zero-order chi connectivity index (χ0) is 20.8. The Kier molecular flexibility index (Phi) is 14.0. The van der Waals surface area contributed by atoms with Crippen molar-refractivity contribution in [3.8, 4) is 5.75 Å². The molecule has 0 saturated heterocycles. The van der Waals surface area contributed by atoms with E-state index in [-0.39, 0.29) is 18.1 Å². The molecule has 0 fully saturated rings. The molecule has 0 amide bonds. The van der Waals surface area contributed by atoms with Crippen LogP contribution in [0.25, 0.3) is 0 Å². The SMILES string of the molecule is CCC[P+](CCC)(CCC)CCC.O=S(=O)([O-])c1ccc(OCCO)cc1. The molecule has 27 heavy (non-hydrogen) atoms. The van der Waals surface area contributed by atoms with Gasteiger partial charge < -0.3 is 14.4 Å². The smallest absolute Gasteiger partial charge is 0.124 e. The van der Waals surface area contributed by atoms with Crippen molar-refractivity contribution in [1.29, 1.82) is 0 Å². The third kappa shape index (κ3) is 11.0. The minimum absolute atomic E-state index is 0.123. The summed E-state index contributed by atoms with van der Waals surface area (Å²) in [5, 5.41) is 8.44. The number of hydrogen-bond acceptors (Lipinski definition) is 5. The summed E-state index contributed by atoms with van der Waals surface area (Å²) in [6.45, 7) is 9.43. The highest BCUT2D eigenvalue weighted by atomic mass is 32.2. The molecule has 0 unspecified atom stereocenters. The van der Waals surface area contributed by atoms with Crippen LogP contribution in [0.2, 0.25) is 0 Å². The lowest BCUT2D eigenvalue weighted by Gasteiger charge is -2.26. The molecule has 1 aromatic carbocycles. The largest absolute Gasteiger partial charge is 0.744 e. The normalized spacial score (nSPS) is 11.6. The Hall–Kier alpha value is -0.680. The fourth-order valence-electron chi connectivity index (χ4n) is 3.43. The van der Waals surface area contributed by atoms with Crippen molar-refractivity contribution >= 4 is 17.4 Å². The quantitative estimate of drug-likeness (QED) is 0.394. The summed E-state index contributed by atoms with van der Waals surface area (Å²) in [5.74, 6) is 0.409. The van der Waals surface area contributed by atoms with Crippen molar-refractivity contribution in [2.75, 3.05) is 37.9 Å². The van der Waals surface area contributed by atoms with Gasteiger partial charge in [0.2, 0.25) is 0 Å². The minimum atomic E-state index is -4.40. The van der Waals surface area contributed by atoms with E-state index in [9.17, 15) is 13.0 Å². The van der Waals surface area contributed by atoms with Crippen molar-refractivity contribution in [2.45, 2.75) is 58.3 Å². The second-order valence-corrected chi connectivity index (χ2v) is 12.6. The van der Waals surface area contributed by atoms with E-state index in [1.165, 1.54) is 37.8 Å². The van der Waals surface area contributed by atoms with Crippen LogP contribution in [0.4, 0.5) is 0 Å². The highest BCUT2D eigenvalue weighted by Gasteiger charge is 2.32. The molecular weight excluding hydrogens is 383 g/mol. The van der Waals surface area contributed by atoms with Gasteiger partial charge in [0, 0.05) is 7.26 Å². The van der Waals surface area contributed by atoms with Gasteiger partial charge in [0.15, 0.2) is 0 Å². The van der Waals surface area contributed by atoms with Crippen molar-refractivity contribution < 1.29 is 22.8 Å². The van der Waals surface area contributed by atoms with Crippen molar-refractivity contribution in [2.24, 2.45) is 0 Å². The topological polar surface area (TPSA) is 86.7 Å². The highest BCUT2D eigenvalue weighted by Crippen LogP contribution is 2.60. The van der Waals surface area contributed by atoms with Crippen LogP contribution in [-0.4, -0.2) is 55.9 Å². The maximum Gasteiger partial charge on any atom is 0.124 e. The van der Waals surface area contributed by atoms with E-state index < -0.39 is 17.4 Å². The van der Waals surface area contributed by atoms with Crippen LogP contribution >= 0.6 is 7.26 Å². The molecule has 0 heterocycles. The number of hydrogen-bond donors (Lipinski definition) is 1. The summed E-state index contributed by atoms with van der Waals surface area (Å²) in [5.41, 5.74) is 0. The van der Waals surface area contributed by atoms with E-state index in [0.717, 1.165) is 12.1 Å². The molecular formula is C20H37O5PS. The van der Waals surface area contributed by atoms with E-state index in [1.807, 2.05) is 0 Å². The molecule has 0 radical (unpaired) electrons. The number of aliphatic hydroxyl groups excluding tert-OH is 1. The molecule has 0 aromatic heterocycles. The van der Waals surface area contributed by atoms with Gasteiger partial charge in [0.1, 0.15) is 22.5 Å². The van der Waals surface area contributed by atoms with Crippen molar-refractivity contribution in [3.05, 3.63) is 24.3 Å². The van der Waals surface area contributed by atoms with E-state index in [0.29, 0.717) is 5.75 Å². The van der Waals surface area contributed by atoms with Gasteiger partial charge in [-0.05, 0) is 49.9 Å². The maximum atomic E-state index is 10.5. The first-order valence-electron chi connectivity index (χ1n) is 9.93. The molecule has 0 aliphatic carbocycles. The lowest BCUT2D eigenvalue weighted by molar-refractivity contribution is 0.201. The average molecular weight is 421 g/mol. The van der Waals surface area contributed by atoms with E-state index in [2.05, 4.69) is 27.7 Å². The summed E-state index contributed by atoms with van der Waals surface area (Å²) in [6, 6.07) is 5.05. The molecule has 0 aliphatic rings. The highest BCUT2D eigenvalue weighted by molar-refractivity contribution is 7.85. The first kappa shape index (κ1) is 26.3. The van der Waals surface area contributed by atoms with E-state index in [1.54, 1.807) is 24.6 Å². The van der Waals surface area contributed by atoms with E-state index >= 15 is 0 Å². The van der Waals surface area contributed by atoms with Gasteiger partial charge in [-0.25, -0.2) is 8.42 Å². The van der Waals surface area contributed by atoms with Crippen LogP contribution in [0, 0.1) is 0 Å². The van der Waals surface area contributed by atoms with Gasteiger partial charge in [-0.1, -0.05) is 27.7 Å². The Bertz CT molecular complexity index is 557. The zero-order valence-corrected chi connectivity index (χ0v) is 19.0. The fourth-order valence-corrected chi connectivity index (χ4v) is 9.04. The molecule has 1 rings (SSSR count). The van der Waals surface area contributed by atoms with Crippen LogP contribution in [0.15, 0.2) is 29.2 Å². The van der Waals surface area contributed by atoms with Crippen LogP contribution in [0.1, 0.15) is 53.4 Å². The lowest BCUT2D eigenvalue weighted by atomic mass is 10.3. The average Bonchev–Trinajstić information content (AvgIpc) is 2.61. The van der Waals surface area contributed by atoms with Gasteiger partial charge >= 0.3 is 0 Å². The van der Waals surface area contributed by atoms with Gasteiger partial charge in [-0.15, -0.1) is 0 Å². The maximum absolute atomic E-state index is 10.5. The Balaban J connectivity index is 0.000000503. The molecule has 158 valence electrons. The summed E-state index contributed by atoms with van der Waals surface area (Å²) in [7, 11) is -4.89. The van der Waals surface area contributed by atoms with Crippen molar-refractivity contribution in [1.82, 2.24) is 0 Å². The number of aliphatic hydroxyl groups is 1. The molecule has 0 aliphatic heterocycles. The minimum Gasteiger partial charge on any atom is -0.744 e. The molecule has 0 spiro atoms. The molecule has 7 heteroatoms. The van der Waals surface area contributed by atoms with E-state index in [4.69, 9.17) is 9.84 Å². The summed E-state index contributed by atoms with van der Waals surface area (Å²) in [4.78, 5) is -0.297. The molecule has 1 N–H and O–H groups in total. The first-order chi connectivity index (χ1) is 12.8. The van der Waals surface area contributed by atoms with Crippen LogP contribution in [-0.2, 0) is 10.1 Å². The van der Waals surface area contributed by atoms with Gasteiger partial charge in [-0.2, -0.15) is 0 Å². The molecule has 0 bridgehead atoms. The predicted molar refractivity (Wildman–Crippen MR) is 115 cm³/mol. The predicted octanol–water partition coefficient (Wildman–Crippen LogP) is 4.61. The number of benzene rings is 1. The summed E-state index contributed by atoms with van der Waals surface area (Å²) in [6.07, 6.45) is 11.9. The Morgan fingerprint density at radius 3 is 1.59 bits per heavy atom. The summed E-state index contributed by atoms with van der Waals surface area (Å²) < 4.78 is 36.5. The number of rotatable bonds is 12. The Labute approximate surface area is 166 Å². The Morgan fingerprint density at radius 1 is 0.889 bits per heavy atom. The molecule has 0 atom stereocenters. The van der Waals surface area contributed by atoms with Crippen LogP contribution in [0.3, 0.4) is 0 Å². The first-order valence-corrected chi connectivity index (χ1v) is 13.9. The van der Waals surface area contributed by atoms with Crippen LogP contribution in [0.5, 0.6) is 5.75 Å². The third-order valence-electron chi connectivity index (χ3n) is 4.26. The van der Waals surface area contributed by atoms with Gasteiger partial charge in [-0.3, -0.25) is 0 Å². The molecule has 0 saturated carbocycles. The standard InChI is InChI=1S/C12H28P.C8H10O5S/c1-5-9-13(10-6-2,11-7-3)12-8-4;9-5-6-13-7-1-3-8(4-2-7)14(10,11)12/h5-12H2,1-4H3;1-4,9H,5-6H2,(H,10,11,12)/q+1;/p-1. The second kappa shape index (κ2) is 14.3. The summed E-state index contributed by atoms with van der Waals surface area (Å²) >= 11 is 0. The van der Waals surface area contributed by atoms with Crippen LogP contribution < -0.4 is 4.74 Å². The number of ether oxygens (including phenoxy) is 1. The third-order valence-corrected chi connectivity index (χ3v) is 10.7. The monoisotopic (exact) mass is 420 g/mol. The molecule has 5 nitrogen and oxygen atoms in total. The molecule has 1 aromatic rings. The lowest BCUT2D eigenvalue weighted by Crippen LogP contribution is -2.10.